The Morgan fingerprint density at radius 3 is 2.43 bits per heavy atom. The average Bonchev–Trinajstić information content (AvgIpc) is 3.00. The topological polar surface area (TPSA) is 115 Å². The van der Waals surface area contributed by atoms with Crippen LogP contribution >= 0.6 is 0 Å². The SMILES string of the molecule is Cc1ccc(NC(=O)Cn2nnc(C(=O)Nc3ccccc3C)c2N)c(C)c1. The fraction of sp³-hybridized carbons (Fsp3) is 0.200. The third kappa shape index (κ3) is 4.17. The van der Waals surface area contributed by atoms with Gasteiger partial charge in [-0.2, -0.15) is 0 Å². The van der Waals surface area contributed by atoms with Gasteiger partial charge < -0.3 is 16.4 Å². The molecule has 0 saturated carbocycles. The first-order chi connectivity index (χ1) is 13.3. The monoisotopic (exact) mass is 378 g/mol. The molecule has 0 atom stereocenters. The summed E-state index contributed by atoms with van der Waals surface area (Å²) in [6.45, 7) is 5.63. The van der Waals surface area contributed by atoms with Gasteiger partial charge in [0, 0.05) is 11.4 Å². The zero-order valence-electron chi connectivity index (χ0n) is 16.0. The van der Waals surface area contributed by atoms with Crippen LogP contribution in [-0.4, -0.2) is 26.8 Å². The van der Waals surface area contributed by atoms with E-state index >= 15 is 0 Å². The summed E-state index contributed by atoms with van der Waals surface area (Å²) in [7, 11) is 0. The normalized spacial score (nSPS) is 10.5. The number of nitrogens with zero attached hydrogens (tertiary/aromatic N) is 3. The molecule has 1 aromatic heterocycles. The molecule has 28 heavy (non-hydrogen) atoms. The third-order valence-corrected chi connectivity index (χ3v) is 4.33. The van der Waals surface area contributed by atoms with Crippen molar-refractivity contribution in [2.24, 2.45) is 0 Å². The van der Waals surface area contributed by atoms with Crippen LogP contribution in [0.3, 0.4) is 0 Å². The summed E-state index contributed by atoms with van der Waals surface area (Å²) in [5.41, 5.74) is 10.3. The van der Waals surface area contributed by atoms with Crippen LogP contribution in [0.15, 0.2) is 42.5 Å². The van der Waals surface area contributed by atoms with E-state index in [9.17, 15) is 9.59 Å². The van der Waals surface area contributed by atoms with Gasteiger partial charge in [-0.25, -0.2) is 4.68 Å². The Morgan fingerprint density at radius 1 is 1.00 bits per heavy atom. The van der Waals surface area contributed by atoms with Gasteiger partial charge in [-0.3, -0.25) is 9.59 Å². The van der Waals surface area contributed by atoms with Crippen molar-refractivity contribution in [3.63, 3.8) is 0 Å². The molecular weight excluding hydrogens is 356 g/mol. The molecule has 0 bridgehead atoms. The molecule has 3 aromatic rings. The largest absolute Gasteiger partial charge is 0.382 e. The van der Waals surface area contributed by atoms with Gasteiger partial charge in [0.2, 0.25) is 5.91 Å². The van der Waals surface area contributed by atoms with E-state index in [2.05, 4.69) is 20.9 Å². The quantitative estimate of drug-likeness (QED) is 0.631. The van der Waals surface area contributed by atoms with E-state index in [1.807, 2.05) is 57.2 Å². The molecule has 0 aliphatic carbocycles. The Bertz CT molecular complexity index is 1040. The highest BCUT2D eigenvalue weighted by Gasteiger charge is 2.19. The lowest BCUT2D eigenvalue weighted by atomic mass is 10.1. The van der Waals surface area contributed by atoms with E-state index in [0.29, 0.717) is 11.4 Å². The Balaban J connectivity index is 1.69. The van der Waals surface area contributed by atoms with Gasteiger partial charge in [0.25, 0.3) is 5.91 Å². The van der Waals surface area contributed by atoms with Crippen LogP contribution < -0.4 is 16.4 Å². The summed E-state index contributed by atoms with van der Waals surface area (Å²) in [5, 5.41) is 13.2. The van der Waals surface area contributed by atoms with E-state index in [1.165, 1.54) is 4.68 Å². The number of carbonyl (C=O) groups is 2. The van der Waals surface area contributed by atoms with Gasteiger partial charge >= 0.3 is 0 Å². The molecule has 0 aliphatic rings. The molecule has 4 N–H and O–H groups in total. The Kier molecular flexibility index (Phi) is 5.39. The van der Waals surface area contributed by atoms with E-state index in [-0.39, 0.29) is 24.0 Å². The Morgan fingerprint density at radius 2 is 1.71 bits per heavy atom. The lowest BCUT2D eigenvalue weighted by Crippen LogP contribution is -2.22. The van der Waals surface area contributed by atoms with Crippen molar-refractivity contribution in [1.82, 2.24) is 15.0 Å². The van der Waals surface area contributed by atoms with Crippen molar-refractivity contribution >= 4 is 29.0 Å². The number of para-hydroxylation sites is 1. The molecule has 1 heterocycles. The molecule has 2 aromatic carbocycles. The van der Waals surface area contributed by atoms with E-state index in [1.54, 1.807) is 6.07 Å². The molecule has 0 radical (unpaired) electrons. The van der Waals surface area contributed by atoms with Crippen molar-refractivity contribution in [2.75, 3.05) is 16.4 Å². The smallest absolute Gasteiger partial charge is 0.280 e. The lowest BCUT2D eigenvalue weighted by molar-refractivity contribution is -0.116. The first kappa shape index (κ1) is 19.1. The summed E-state index contributed by atoms with van der Waals surface area (Å²) < 4.78 is 1.20. The van der Waals surface area contributed by atoms with Gasteiger partial charge in [0.15, 0.2) is 11.5 Å². The van der Waals surface area contributed by atoms with Crippen LogP contribution in [0.5, 0.6) is 0 Å². The van der Waals surface area contributed by atoms with Crippen molar-refractivity contribution in [3.05, 3.63) is 64.8 Å². The minimum Gasteiger partial charge on any atom is -0.382 e. The lowest BCUT2D eigenvalue weighted by Gasteiger charge is -2.10. The fourth-order valence-corrected chi connectivity index (χ4v) is 2.77. The number of anilines is 3. The van der Waals surface area contributed by atoms with Crippen LogP contribution in [0.2, 0.25) is 0 Å². The number of aromatic nitrogens is 3. The zero-order chi connectivity index (χ0) is 20.3. The minimum absolute atomic E-state index is 0.0254. The second-order valence-electron chi connectivity index (χ2n) is 6.62. The second-order valence-corrected chi connectivity index (χ2v) is 6.62. The van der Waals surface area contributed by atoms with Gasteiger partial charge in [-0.1, -0.05) is 41.1 Å². The zero-order valence-corrected chi connectivity index (χ0v) is 16.0. The highest BCUT2D eigenvalue weighted by atomic mass is 16.2. The Hall–Kier alpha value is -3.68. The number of amides is 2. The highest BCUT2D eigenvalue weighted by molar-refractivity contribution is 6.06. The summed E-state index contributed by atoms with van der Waals surface area (Å²) >= 11 is 0. The first-order valence-electron chi connectivity index (χ1n) is 8.78. The number of rotatable bonds is 5. The van der Waals surface area contributed by atoms with E-state index < -0.39 is 5.91 Å². The number of nitrogens with one attached hydrogen (secondary N) is 2. The number of nitrogens with two attached hydrogens (primary N) is 1. The molecule has 0 spiro atoms. The molecule has 0 fully saturated rings. The van der Waals surface area contributed by atoms with Gasteiger partial charge in [-0.15, -0.1) is 5.10 Å². The molecule has 2 amide bonds. The number of aryl methyl sites for hydroxylation is 3. The van der Waals surface area contributed by atoms with Crippen LogP contribution in [0.4, 0.5) is 17.2 Å². The number of benzene rings is 2. The fourth-order valence-electron chi connectivity index (χ4n) is 2.77. The van der Waals surface area contributed by atoms with E-state index in [4.69, 9.17) is 5.73 Å². The number of hydrogen-bond acceptors (Lipinski definition) is 5. The average molecular weight is 378 g/mol. The van der Waals surface area contributed by atoms with Crippen LogP contribution in [0.25, 0.3) is 0 Å². The number of nitrogen functional groups attached to an aromatic ring is 1. The maximum Gasteiger partial charge on any atom is 0.280 e. The van der Waals surface area contributed by atoms with Crippen molar-refractivity contribution in [3.8, 4) is 0 Å². The summed E-state index contributed by atoms with van der Waals surface area (Å²) in [4.78, 5) is 24.8. The third-order valence-electron chi connectivity index (χ3n) is 4.33. The van der Waals surface area contributed by atoms with Gasteiger partial charge in [0.1, 0.15) is 6.54 Å². The maximum atomic E-state index is 12.4. The number of carbonyl (C=O) groups excluding carboxylic acids is 2. The second kappa shape index (κ2) is 7.91. The van der Waals surface area contributed by atoms with Crippen molar-refractivity contribution < 1.29 is 9.59 Å². The molecule has 8 heteroatoms. The van der Waals surface area contributed by atoms with Gasteiger partial charge in [-0.05, 0) is 44.0 Å². The molecular formula is C20H22N6O2. The van der Waals surface area contributed by atoms with Crippen molar-refractivity contribution in [2.45, 2.75) is 27.3 Å². The van der Waals surface area contributed by atoms with Gasteiger partial charge in [0.05, 0.1) is 0 Å². The molecule has 8 nitrogen and oxygen atoms in total. The predicted molar refractivity (Wildman–Crippen MR) is 108 cm³/mol. The first-order valence-corrected chi connectivity index (χ1v) is 8.78. The minimum atomic E-state index is -0.479. The predicted octanol–water partition coefficient (Wildman–Crippen LogP) is 2.68. The van der Waals surface area contributed by atoms with Crippen LogP contribution in [-0.2, 0) is 11.3 Å². The highest BCUT2D eigenvalue weighted by Crippen LogP contribution is 2.18. The Labute approximate surface area is 162 Å². The number of hydrogen-bond donors (Lipinski definition) is 3. The van der Waals surface area contributed by atoms with Crippen LogP contribution in [0, 0.1) is 20.8 Å². The van der Waals surface area contributed by atoms with E-state index in [0.717, 1.165) is 16.7 Å². The summed E-state index contributed by atoms with van der Waals surface area (Å²) in [6, 6.07) is 13.1. The van der Waals surface area contributed by atoms with Crippen molar-refractivity contribution in [1.29, 1.82) is 0 Å². The summed E-state index contributed by atoms with van der Waals surface area (Å²) in [6.07, 6.45) is 0. The maximum absolute atomic E-state index is 12.4. The standard InChI is InChI=1S/C20H22N6O2/c1-12-8-9-16(14(3)10-12)22-17(27)11-26-19(21)18(24-25-26)20(28)23-15-7-5-4-6-13(15)2/h4-10H,11,21H2,1-3H3,(H,22,27)(H,23,28). The summed E-state index contributed by atoms with van der Waals surface area (Å²) in [5.74, 6) is -0.760. The molecule has 0 aliphatic heterocycles. The van der Waals surface area contributed by atoms with Crippen LogP contribution in [0.1, 0.15) is 27.2 Å². The molecule has 0 saturated heterocycles. The molecule has 144 valence electrons. The molecule has 0 unspecified atom stereocenters. The molecule has 3 rings (SSSR count).